The van der Waals surface area contributed by atoms with E-state index in [0.717, 1.165) is 13.0 Å². The maximum atomic E-state index is 5.84. The molecule has 2 aromatic rings. The first kappa shape index (κ1) is 11.7. The third-order valence-corrected chi connectivity index (χ3v) is 3.22. The Labute approximate surface area is 104 Å². The molecular formula is C11H14N4OS. The van der Waals surface area contributed by atoms with Gasteiger partial charge in [0.2, 0.25) is 5.88 Å². The van der Waals surface area contributed by atoms with E-state index in [0.29, 0.717) is 17.4 Å². The number of aromatic nitrogens is 2. The minimum absolute atomic E-state index is 0.402. The zero-order valence-electron chi connectivity index (χ0n) is 9.51. The van der Waals surface area contributed by atoms with E-state index in [1.54, 1.807) is 11.3 Å². The van der Waals surface area contributed by atoms with Crippen LogP contribution in [0.3, 0.4) is 0 Å². The number of nitrogens with zero attached hydrogens (tertiary/aromatic N) is 2. The molecule has 0 amide bonds. The molecule has 17 heavy (non-hydrogen) atoms. The SMILES string of the molecule is COc1ncnc(NCCc2cccs2)c1N. The van der Waals surface area contributed by atoms with Crippen molar-refractivity contribution in [1.82, 2.24) is 9.97 Å². The number of methoxy groups -OCH3 is 1. The first-order chi connectivity index (χ1) is 8.31. The number of nitrogens with two attached hydrogens (primary N) is 1. The average molecular weight is 250 g/mol. The van der Waals surface area contributed by atoms with Gasteiger partial charge in [-0.1, -0.05) is 6.07 Å². The predicted molar refractivity (Wildman–Crippen MR) is 69.5 cm³/mol. The number of thiophene rings is 1. The van der Waals surface area contributed by atoms with Crippen LogP contribution < -0.4 is 15.8 Å². The lowest BCUT2D eigenvalue weighted by Crippen LogP contribution is -2.09. The number of nitrogens with one attached hydrogen (secondary N) is 1. The fourth-order valence-corrected chi connectivity index (χ4v) is 2.15. The molecule has 0 atom stereocenters. The van der Waals surface area contributed by atoms with E-state index in [9.17, 15) is 0 Å². The van der Waals surface area contributed by atoms with Crippen LogP contribution in [0, 0.1) is 0 Å². The molecule has 2 aromatic heterocycles. The normalized spacial score (nSPS) is 10.2. The summed E-state index contributed by atoms with van der Waals surface area (Å²) in [6, 6.07) is 4.15. The lowest BCUT2D eigenvalue weighted by atomic mass is 10.3. The van der Waals surface area contributed by atoms with Gasteiger partial charge in [-0.3, -0.25) is 0 Å². The Morgan fingerprint density at radius 2 is 2.35 bits per heavy atom. The standard InChI is InChI=1S/C11H14N4OS/c1-16-11-9(12)10(14-7-15-11)13-5-4-8-3-2-6-17-8/h2-3,6-7H,4-5,12H2,1H3,(H,13,14,15). The van der Waals surface area contributed by atoms with Gasteiger partial charge >= 0.3 is 0 Å². The summed E-state index contributed by atoms with van der Waals surface area (Å²) in [7, 11) is 1.54. The summed E-state index contributed by atoms with van der Waals surface area (Å²) in [5.41, 5.74) is 6.29. The van der Waals surface area contributed by atoms with Crippen LogP contribution in [0.1, 0.15) is 4.88 Å². The van der Waals surface area contributed by atoms with Crippen molar-refractivity contribution in [3.8, 4) is 5.88 Å². The minimum Gasteiger partial charge on any atom is -0.479 e. The highest BCUT2D eigenvalue weighted by Crippen LogP contribution is 2.23. The Hall–Kier alpha value is -1.82. The Morgan fingerprint density at radius 3 is 3.06 bits per heavy atom. The second-order valence-corrected chi connectivity index (χ2v) is 4.43. The number of hydrogen-bond acceptors (Lipinski definition) is 6. The van der Waals surface area contributed by atoms with Gasteiger partial charge in [0.05, 0.1) is 7.11 Å². The van der Waals surface area contributed by atoms with Crippen LogP contribution in [-0.2, 0) is 6.42 Å². The summed E-state index contributed by atoms with van der Waals surface area (Å²) in [5.74, 6) is 1.02. The van der Waals surface area contributed by atoms with Gasteiger partial charge in [0.1, 0.15) is 12.0 Å². The highest BCUT2D eigenvalue weighted by Gasteiger charge is 2.07. The lowest BCUT2D eigenvalue weighted by molar-refractivity contribution is 0.399. The van der Waals surface area contributed by atoms with Crippen molar-refractivity contribution in [2.24, 2.45) is 0 Å². The fourth-order valence-electron chi connectivity index (χ4n) is 1.44. The summed E-state index contributed by atoms with van der Waals surface area (Å²) in [4.78, 5) is 9.33. The van der Waals surface area contributed by atoms with Crippen molar-refractivity contribution in [3.63, 3.8) is 0 Å². The Morgan fingerprint density at radius 1 is 1.47 bits per heavy atom. The Bertz CT molecular complexity index is 472. The van der Waals surface area contributed by atoms with Crippen LogP contribution >= 0.6 is 11.3 Å². The zero-order valence-corrected chi connectivity index (χ0v) is 10.3. The van der Waals surface area contributed by atoms with Crippen molar-refractivity contribution >= 4 is 22.8 Å². The average Bonchev–Trinajstić information content (AvgIpc) is 2.84. The van der Waals surface area contributed by atoms with Gasteiger partial charge in [0.25, 0.3) is 0 Å². The number of nitrogen functional groups attached to an aromatic ring is 1. The smallest absolute Gasteiger partial charge is 0.242 e. The minimum atomic E-state index is 0.402. The van der Waals surface area contributed by atoms with Gasteiger partial charge in [0, 0.05) is 11.4 Å². The van der Waals surface area contributed by atoms with Gasteiger partial charge in [0.15, 0.2) is 5.82 Å². The topological polar surface area (TPSA) is 73.1 Å². The zero-order chi connectivity index (χ0) is 12.1. The third-order valence-electron chi connectivity index (χ3n) is 2.28. The largest absolute Gasteiger partial charge is 0.479 e. The molecule has 0 spiro atoms. The monoisotopic (exact) mass is 250 g/mol. The summed E-state index contributed by atoms with van der Waals surface area (Å²) in [6.45, 7) is 0.783. The molecule has 3 N–H and O–H groups in total. The number of hydrogen-bond donors (Lipinski definition) is 2. The van der Waals surface area contributed by atoms with Crippen LogP contribution in [-0.4, -0.2) is 23.6 Å². The molecule has 0 saturated carbocycles. The molecular weight excluding hydrogens is 236 g/mol. The maximum Gasteiger partial charge on any atom is 0.242 e. The van der Waals surface area contributed by atoms with Crippen LogP contribution in [0.25, 0.3) is 0 Å². The van der Waals surface area contributed by atoms with Gasteiger partial charge in [-0.2, -0.15) is 4.98 Å². The van der Waals surface area contributed by atoms with Crippen molar-refractivity contribution < 1.29 is 4.74 Å². The number of anilines is 2. The Balaban J connectivity index is 1.95. The fraction of sp³-hybridized carbons (Fsp3) is 0.273. The summed E-state index contributed by atoms with van der Waals surface area (Å²) >= 11 is 1.74. The molecule has 0 bridgehead atoms. The summed E-state index contributed by atoms with van der Waals surface area (Å²) in [5, 5.41) is 5.24. The first-order valence-corrected chi connectivity index (χ1v) is 6.10. The molecule has 0 aromatic carbocycles. The van der Waals surface area contributed by atoms with E-state index in [1.165, 1.54) is 18.3 Å². The van der Waals surface area contributed by atoms with E-state index >= 15 is 0 Å². The van der Waals surface area contributed by atoms with Gasteiger partial charge in [-0.15, -0.1) is 11.3 Å². The molecule has 0 aliphatic heterocycles. The van der Waals surface area contributed by atoms with Gasteiger partial charge < -0.3 is 15.8 Å². The van der Waals surface area contributed by atoms with Crippen molar-refractivity contribution in [3.05, 3.63) is 28.7 Å². The highest BCUT2D eigenvalue weighted by molar-refractivity contribution is 7.09. The van der Waals surface area contributed by atoms with E-state index < -0.39 is 0 Å². The predicted octanol–water partition coefficient (Wildman–Crippen LogP) is 1.78. The third kappa shape index (κ3) is 2.85. The molecule has 2 rings (SSSR count). The molecule has 90 valence electrons. The Kier molecular flexibility index (Phi) is 3.77. The van der Waals surface area contributed by atoms with E-state index in [-0.39, 0.29) is 0 Å². The highest BCUT2D eigenvalue weighted by atomic mass is 32.1. The van der Waals surface area contributed by atoms with Crippen LogP contribution in [0.5, 0.6) is 5.88 Å². The molecule has 0 radical (unpaired) electrons. The molecule has 0 fully saturated rings. The molecule has 0 saturated heterocycles. The van der Waals surface area contributed by atoms with Crippen LogP contribution in [0.4, 0.5) is 11.5 Å². The van der Waals surface area contributed by atoms with Crippen LogP contribution in [0.15, 0.2) is 23.8 Å². The lowest BCUT2D eigenvalue weighted by Gasteiger charge is -2.09. The van der Waals surface area contributed by atoms with Crippen molar-refractivity contribution in [2.45, 2.75) is 6.42 Å². The second-order valence-electron chi connectivity index (χ2n) is 3.40. The molecule has 2 heterocycles. The van der Waals surface area contributed by atoms with Gasteiger partial charge in [-0.25, -0.2) is 4.98 Å². The first-order valence-electron chi connectivity index (χ1n) is 5.22. The molecule has 0 unspecified atom stereocenters. The molecule has 0 aliphatic rings. The second kappa shape index (κ2) is 5.49. The molecule has 6 heteroatoms. The van der Waals surface area contributed by atoms with E-state index in [1.807, 2.05) is 6.07 Å². The van der Waals surface area contributed by atoms with Crippen LogP contribution in [0.2, 0.25) is 0 Å². The van der Waals surface area contributed by atoms with E-state index in [4.69, 9.17) is 10.5 Å². The molecule has 5 nitrogen and oxygen atoms in total. The number of ether oxygens (including phenoxy) is 1. The van der Waals surface area contributed by atoms with Gasteiger partial charge in [-0.05, 0) is 17.9 Å². The van der Waals surface area contributed by atoms with Crippen molar-refractivity contribution in [1.29, 1.82) is 0 Å². The summed E-state index contributed by atoms with van der Waals surface area (Å²) in [6.07, 6.45) is 2.38. The van der Waals surface area contributed by atoms with E-state index in [2.05, 4.69) is 26.7 Å². The summed E-state index contributed by atoms with van der Waals surface area (Å²) < 4.78 is 5.02. The quantitative estimate of drug-likeness (QED) is 0.846. The molecule has 0 aliphatic carbocycles. The van der Waals surface area contributed by atoms with Crippen molar-refractivity contribution in [2.75, 3.05) is 24.7 Å². The maximum absolute atomic E-state index is 5.84. The number of rotatable bonds is 5.